The molecule has 0 aliphatic heterocycles. The zero-order valence-corrected chi connectivity index (χ0v) is 12.3. The van der Waals surface area contributed by atoms with Crippen LogP contribution in [0.2, 0.25) is 0 Å². The quantitative estimate of drug-likeness (QED) is 0.786. The molecule has 0 saturated heterocycles. The minimum Gasteiger partial charge on any atom is -0.468 e. The van der Waals surface area contributed by atoms with Gasteiger partial charge in [0, 0.05) is 6.54 Å². The zero-order valence-electron chi connectivity index (χ0n) is 10.7. The Balaban J connectivity index is 0.00000289. The monoisotopic (exact) mass is 294 g/mol. The highest BCUT2D eigenvalue weighted by Crippen LogP contribution is 2.20. The number of carbonyl (C=O) groups excluding carboxylic acids is 1. The molecule has 1 amide bonds. The van der Waals surface area contributed by atoms with Crippen LogP contribution in [0.1, 0.15) is 25.6 Å². The van der Waals surface area contributed by atoms with E-state index in [0.717, 1.165) is 18.8 Å². The van der Waals surface area contributed by atoms with E-state index in [0.29, 0.717) is 6.54 Å². The van der Waals surface area contributed by atoms with E-state index in [2.05, 4.69) is 24.1 Å². The third-order valence-electron chi connectivity index (χ3n) is 2.74. The summed E-state index contributed by atoms with van der Waals surface area (Å²) in [7, 11) is 0. The smallest absolute Gasteiger partial charge is 0.234 e. The van der Waals surface area contributed by atoms with Crippen LogP contribution in [0, 0.1) is 0 Å². The van der Waals surface area contributed by atoms with Crippen LogP contribution in [0.4, 0.5) is 0 Å². The maximum atomic E-state index is 11.2. The number of nitrogens with zero attached hydrogens (tertiary/aromatic N) is 1. The molecule has 1 rings (SSSR count). The molecule has 18 heavy (non-hydrogen) atoms. The third kappa shape index (κ3) is 4.88. The first-order chi connectivity index (χ1) is 8.22. The normalized spacial score (nSPS) is 12.0. The Hall–Kier alpha value is -0.710. The third-order valence-corrected chi connectivity index (χ3v) is 2.98. The number of carbonyl (C=O) groups is 1. The van der Waals surface area contributed by atoms with E-state index in [1.807, 2.05) is 12.1 Å². The van der Waals surface area contributed by atoms with Crippen LogP contribution in [-0.2, 0) is 4.79 Å². The number of halogens is 2. The maximum absolute atomic E-state index is 11.2. The molecule has 4 nitrogen and oxygen atoms in total. The lowest BCUT2D eigenvalue weighted by Gasteiger charge is -2.28. The number of nitrogens with one attached hydrogen (secondary N) is 1. The van der Waals surface area contributed by atoms with Crippen LogP contribution in [0.5, 0.6) is 0 Å². The summed E-state index contributed by atoms with van der Waals surface area (Å²) in [6, 6.07) is 3.84. The lowest BCUT2D eigenvalue weighted by molar-refractivity contribution is -0.118. The molecular weight excluding hydrogens is 275 g/mol. The first kappa shape index (κ1) is 17.3. The van der Waals surface area contributed by atoms with E-state index in [9.17, 15) is 4.79 Å². The fourth-order valence-electron chi connectivity index (χ4n) is 1.81. The topological polar surface area (TPSA) is 45.5 Å². The fraction of sp³-hybridized carbons (Fsp3) is 0.583. The van der Waals surface area contributed by atoms with E-state index in [-0.39, 0.29) is 30.2 Å². The van der Waals surface area contributed by atoms with Crippen LogP contribution in [0.15, 0.2) is 22.8 Å². The first-order valence-corrected chi connectivity index (χ1v) is 6.36. The van der Waals surface area contributed by atoms with Crippen molar-refractivity contribution in [1.82, 2.24) is 10.2 Å². The second-order valence-corrected chi connectivity index (χ2v) is 3.96. The van der Waals surface area contributed by atoms with Gasteiger partial charge in [-0.15, -0.1) is 24.0 Å². The number of furan rings is 1. The number of alkyl halides is 1. The van der Waals surface area contributed by atoms with E-state index in [1.54, 1.807) is 6.26 Å². The summed E-state index contributed by atoms with van der Waals surface area (Å²) >= 11 is 5.46. The lowest BCUT2D eigenvalue weighted by Crippen LogP contribution is -2.38. The van der Waals surface area contributed by atoms with E-state index in [1.165, 1.54) is 0 Å². The molecule has 0 radical (unpaired) electrons. The number of rotatable bonds is 7. The minimum atomic E-state index is -0.157. The van der Waals surface area contributed by atoms with Crippen molar-refractivity contribution in [2.45, 2.75) is 19.9 Å². The van der Waals surface area contributed by atoms with Gasteiger partial charge in [-0.2, -0.15) is 0 Å². The van der Waals surface area contributed by atoms with Crippen molar-refractivity contribution >= 4 is 29.9 Å². The molecule has 0 fully saturated rings. The van der Waals surface area contributed by atoms with E-state index < -0.39 is 0 Å². The lowest BCUT2D eigenvalue weighted by atomic mass is 10.2. The van der Waals surface area contributed by atoms with Gasteiger partial charge in [-0.3, -0.25) is 9.69 Å². The van der Waals surface area contributed by atoms with E-state index in [4.69, 9.17) is 16.0 Å². The molecule has 1 unspecified atom stereocenters. The second kappa shape index (κ2) is 9.25. The summed E-state index contributed by atoms with van der Waals surface area (Å²) in [5.74, 6) is 0.697. The van der Waals surface area contributed by atoms with Gasteiger partial charge < -0.3 is 9.73 Å². The van der Waals surface area contributed by atoms with Crippen molar-refractivity contribution in [2.24, 2.45) is 0 Å². The van der Waals surface area contributed by atoms with Gasteiger partial charge >= 0.3 is 0 Å². The largest absolute Gasteiger partial charge is 0.468 e. The van der Waals surface area contributed by atoms with Crippen molar-refractivity contribution in [3.05, 3.63) is 24.2 Å². The molecular formula is C12H20Cl2N2O2. The highest BCUT2D eigenvalue weighted by atomic mass is 35.5. The minimum absolute atomic E-state index is 0. The highest BCUT2D eigenvalue weighted by molar-refractivity contribution is 6.27. The number of amides is 1. The van der Waals surface area contributed by atoms with Gasteiger partial charge in [0.05, 0.1) is 12.3 Å². The van der Waals surface area contributed by atoms with Crippen LogP contribution >= 0.6 is 24.0 Å². The molecule has 1 aromatic rings. The fourth-order valence-corrected chi connectivity index (χ4v) is 1.91. The average Bonchev–Trinajstić information content (AvgIpc) is 2.87. The second-order valence-electron chi connectivity index (χ2n) is 3.69. The summed E-state index contributed by atoms with van der Waals surface area (Å²) in [4.78, 5) is 13.4. The van der Waals surface area contributed by atoms with Crippen molar-refractivity contribution in [1.29, 1.82) is 0 Å². The Morgan fingerprint density at radius 3 is 2.61 bits per heavy atom. The Kier molecular flexibility index (Phi) is 8.89. The Morgan fingerprint density at radius 2 is 2.17 bits per heavy atom. The van der Waals surface area contributed by atoms with Crippen LogP contribution in [-0.4, -0.2) is 36.3 Å². The molecule has 0 aromatic carbocycles. The molecule has 6 heteroatoms. The van der Waals surface area contributed by atoms with Crippen molar-refractivity contribution in [2.75, 3.05) is 25.5 Å². The molecule has 1 N–H and O–H groups in total. The van der Waals surface area contributed by atoms with Gasteiger partial charge in [-0.25, -0.2) is 0 Å². The predicted molar refractivity (Wildman–Crippen MR) is 75.3 cm³/mol. The average molecular weight is 295 g/mol. The highest BCUT2D eigenvalue weighted by Gasteiger charge is 2.20. The van der Waals surface area contributed by atoms with Gasteiger partial charge in [0.15, 0.2) is 0 Å². The van der Waals surface area contributed by atoms with Gasteiger partial charge in [0.1, 0.15) is 11.6 Å². The van der Waals surface area contributed by atoms with Gasteiger partial charge in [0.2, 0.25) is 5.91 Å². The summed E-state index contributed by atoms with van der Waals surface area (Å²) in [6.45, 7) is 6.49. The van der Waals surface area contributed by atoms with Crippen LogP contribution in [0.3, 0.4) is 0 Å². The molecule has 0 bridgehead atoms. The number of hydrogen-bond acceptors (Lipinski definition) is 3. The summed E-state index contributed by atoms with van der Waals surface area (Å²) in [5.41, 5.74) is 0. The van der Waals surface area contributed by atoms with Crippen molar-refractivity contribution in [3.63, 3.8) is 0 Å². The Labute approximate surface area is 119 Å². The first-order valence-electron chi connectivity index (χ1n) is 5.83. The van der Waals surface area contributed by atoms with Gasteiger partial charge in [0.25, 0.3) is 0 Å². The number of hydrogen-bond donors (Lipinski definition) is 1. The van der Waals surface area contributed by atoms with Gasteiger partial charge in [-0.05, 0) is 25.2 Å². The van der Waals surface area contributed by atoms with Gasteiger partial charge in [-0.1, -0.05) is 13.8 Å². The molecule has 0 saturated carbocycles. The zero-order chi connectivity index (χ0) is 12.7. The summed E-state index contributed by atoms with van der Waals surface area (Å²) in [6.07, 6.45) is 1.65. The standard InChI is InChI=1S/C12H19ClN2O2.ClH/c1-3-15(4-2)10(9-14-12(16)8-13)11-6-5-7-17-11;/h5-7,10H,3-4,8-9H2,1-2H3,(H,14,16);1H. The van der Waals surface area contributed by atoms with E-state index >= 15 is 0 Å². The summed E-state index contributed by atoms with van der Waals surface area (Å²) < 4.78 is 5.42. The van der Waals surface area contributed by atoms with Crippen molar-refractivity contribution < 1.29 is 9.21 Å². The van der Waals surface area contributed by atoms with Crippen molar-refractivity contribution in [3.8, 4) is 0 Å². The molecule has 0 aliphatic rings. The maximum Gasteiger partial charge on any atom is 0.234 e. The Morgan fingerprint density at radius 1 is 1.50 bits per heavy atom. The number of likely N-dealkylation sites (N-methyl/N-ethyl adjacent to an activating group) is 1. The molecule has 104 valence electrons. The van der Waals surface area contributed by atoms with Crippen LogP contribution in [0.25, 0.3) is 0 Å². The van der Waals surface area contributed by atoms with Crippen LogP contribution < -0.4 is 5.32 Å². The predicted octanol–water partition coefficient (Wildman–Crippen LogP) is 2.44. The Bertz CT molecular complexity index is 327. The molecule has 1 atom stereocenters. The molecule has 1 heterocycles. The molecule has 0 spiro atoms. The SMILES string of the molecule is CCN(CC)C(CNC(=O)CCl)c1ccco1.Cl. The molecule has 0 aliphatic carbocycles. The summed E-state index contributed by atoms with van der Waals surface area (Å²) in [5, 5.41) is 2.80. The molecule has 1 aromatic heterocycles.